The van der Waals surface area contributed by atoms with E-state index in [4.69, 9.17) is 4.74 Å². The highest BCUT2D eigenvalue weighted by Crippen LogP contribution is 2.23. The van der Waals surface area contributed by atoms with Crippen LogP contribution in [-0.4, -0.2) is 25.1 Å². The van der Waals surface area contributed by atoms with Crippen LogP contribution in [0.2, 0.25) is 0 Å². The van der Waals surface area contributed by atoms with Crippen LogP contribution in [0.25, 0.3) is 0 Å². The predicted octanol–water partition coefficient (Wildman–Crippen LogP) is 4.50. The van der Waals surface area contributed by atoms with E-state index in [1.807, 2.05) is 31.2 Å². The molecule has 0 aliphatic carbocycles. The van der Waals surface area contributed by atoms with Gasteiger partial charge >= 0.3 is 6.03 Å². The molecule has 0 aliphatic heterocycles. The molecule has 6 heteroatoms. The van der Waals surface area contributed by atoms with E-state index < -0.39 is 5.82 Å². The van der Waals surface area contributed by atoms with Crippen molar-refractivity contribution in [3.05, 3.63) is 63.9 Å². The zero-order chi connectivity index (χ0) is 17.7. The fourth-order valence-electron chi connectivity index (χ4n) is 2.35. The van der Waals surface area contributed by atoms with E-state index in [9.17, 15) is 9.18 Å². The van der Waals surface area contributed by atoms with Gasteiger partial charge in [0.1, 0.15) is 0 Å². The molecule has 0 fully saturated rings. The second-order valence-electron chi connectivity index (χ2n) is 5.52. The van der Waals surface area contributed by atoms with Crippen molar-refractivity contribution in [1.82, 2.24) is 10.2 Å². The molecule has 2 aromatic rings. The Hall–Kier alpha value is -2.08. The molecule has 24 heavy (non-hydrogen) atoms. The van der Waals surface area contributed by atoms with Gasteiger partial charge in [0.15, 0.2) is 11.6 Å². The number of nitrogens with one attached hydrogen (secondary N) is 1. The van der Waals surface area contributed by atoms with Gasteiger partial charge in [0, 0.05) is 18.1 Å². The number of hydrogen-bond donors (Lipinski definition) is 1. The molecule has 1 atom stereocenters. The van der Waals surface area contributed by atoms with Crippen molar-refractivity contribution in [2.45, 2.75) is 19.5 Å². The Morgan fingerprint density at radius 2 is 2.04 bits per heavy atom. The van der Waals surface area contributed by atoms with Crippen LogP contribution in [0.5, 0.6) is 5.75 Å². The fraction of sp³-hybridized carbons (Fsp3) is 0.278. The summed E-state index contributed by atoms with van der Waals surface area (Å²) in [6.45, 7) is 2.22. The summed E-state index contributed by atoms with van der Waals surface area (Å²) >= 11 is 3.48. The van der Waals surface area contributed by atoms with Crippen molar-refractivity contribution in [2.75, 3.05) is 14.2 Å². The zero-order valence-corrected chi connectivity index (χ0v) is 15.4. The Morgan fingerprint density at radius 3 is 2.67 bits per heavy atom. The summed E-state index contributed by atoms with van der Waals surface area (Å²) in [5, 5.41) is 2.93. The smallest absolute Gasteiger partial charge is 0.317 e. The molecule has 0 spiro atoms. The van der Waals surface area contributed by atoms with Crippen LogP contribution in [0.1, 0.15) is 24.1 Å². The SMILES string of the molecule is COc1ccc(CN(C)C(=O)NC(C)c2ccccc2Br)cc1F. The summed E-state index contributed by atoms with van der Waals surface area (Å²) < 4.78 is 19.6. The Labute approximate surface area is 149 Å². The van der Waals surface area contributed by atoms with Crippen molar-refractivity contribution in [3.8, 4) is 5.75 Å². The number of urea groups is 1. The second kappa shape index (κ2) is 8.15. The molecule has 0 aliphatic rings. The molecule has 0 heterocycles. The number of carbonyl (C=O) groups excluding carboxylic acids is 1. The van der Waals surface area contributed by atoms with Gasteiger partial charge in [0.2, 0.25) is 0 Å². The largest absolute Gasteiger partial charge is 0.494 e. The minimum absolute atomic E-state index is 0.150. The first-order chi connectivity index (χ1) is 11.4. The number of nitrogens with zero attached hydrogens (tertiary/aromatic N) is 1. The molecule has 1 N–H and O–H groups in total. The number of rotatable bonds is 5. The van der Waals surface area contributed by atoms with Crippen molar-refractivity contribution in [3.63, 3.8) is 0 Å². The second-order valence-corrected chi connectivity index (χ2v) is 6.37. The number of methoxy groups -OCH3 is 1. The van der Waals surface area contributed by atoms with E-state index in [2.05, 4.69) is 21.2 Å². The third-order valence-corrected chi connectivity index (χ3v) is 4.42. The highest BCUT2D eigenvalue weighted by atomic mass is 79.9. The summed E-state index contributed by atoms with van der Waals surface area (Å²) in [5.74, 6) is -0.251. The predicted molar refractivity (Wildman–Crippen MR) is 95.5 cm³/mol. The van der Waals surface area contributed by atoms with E-state index in [0.29, 0.717) is 12.1 Å². The minimum Gasteiger partial charge on any atom is -0.494 e. The minimum atomic E-state index is -0.439. The van der Waals surface area contributed by atoms with Crippen LogP contribution in [0, 0.1) is 5.82 Å². The van der Waals surface area contributed by atoms with Gasteiger partial charge in [0.25, 0.3) is 0 Å². The van der Waals surface area contributed by atoms with Crippen molar-refractivity contribution < 1.29 is 13.9 Å². The number of ether oxygens (including phenoxy) is 1. The number of carbonyl (C=O) groups is 1. The highest BCUT2D eigenvalue weighted by molar-refractivity contribution is 9.10. The molecule has 2 amide bonds. The van der Waals surface area contributed by atoms with Crippen LogP contribution in [0.15, 0.2) is 46.9 Å². The Kier molecular flexibility index (Phi) is 6.20. The van der Waals surface area contributed by atoms with Crippen molar-refractivity contribution in [1.29, 1.82) is 0 Å². The maximum atomic E-state index is 13.7. The lowest BCUT2D eigenvalue weighted by atomic mass is 10.1. The molecule has 0 saturated heterocycles. The van der Waals surface area contributed by atoms with E-state index in [0.717, 1.165) is 10.0 Å². The first-order valence-electron chi connectivity index (χ1n) is 7.51. The number of halogens is 2. The van der Waals surface area contributed by atoms with Gasteiger partial charge in [0.05, 0.1) is 13.2 Å². The molecule has 128 valence electrons. The van der Waals surface area contributed by atoms with Gasteiger partial charge in [-0.25, -0.2) is 9.18 Å². The molecule has 0 radical (unpaired) electrons. The zero-order valence-electron chi connectivity index (χ0n) is 13.8. The number of amides is 2. The normalized spacial score (nSPS) is 11.7. The Bertz CT molecular complexity index is 724. The number of hydrogen-bond acceptors (Lipinski definition) is 2. The molecule has 2 rings (SSSR count). The molecule has 1 unspecified atom stereocenters. The van der Waals surface area contributed by atoms with Gasteiger partial charge in [-0.3, -0.25) is 0 Å². The van der Waals surface area contributed by atoms with Crippen LogP contribution >= 0.6 is 15.9 Å². The van der Waals surface area contributed by atoms with Gasteiger partial charge < -0.3 is 15.0 Å². The van der Waals surface area contributed by atoms with E-state index >= 15 is 0 Å². The fourth-order valence-corrected chi connectivity index (χ4v) is 2.98. The van der Waals surface area contributed by atoms with Gasteiger partial charge in [-0.1, -0.05) is 40.2 Å². The first-order valence-corrected chi connectivity index (χ1v) is 8.30. The van der Waals surface area contributed by atoms with E-state index in [-0.39, 0.29) is 17.8 Å². The number of benzene rings is 2. The average Bonchev–Trinajstić information content (AvgIpc) is 2.55. The third-order valence-electron chi connectivity index (χ3n) is 3.69. The lowest BCUT2D eigenvalue weighted by Crippen LogP contribution is -2.38. The standard InChI is InChI=1S/C18H20BrFN2O2/c1-12(14-6-4-5-7-15(14)19)21-18(23)22(2)11-13-8-9-17(24-3)16(20)10-13/h4-10,12H,11H2,1-3H3,(H,21,23). The maximum Gasteiger partial charge on any atom is 0.317 e. The third kappa shape index (κ3) is 4.47. The monoisotopic (exact) mass is 394 g/mol. The van der Waals surface area contributed by atoms with Crippen LogP contribution < -0.4 is 10.1 Å². The van der Waals surface area contributed by atoms with E-state index in [1.165, 1.54) is 18.1 Å². The molecule has 0 saturated carbocycles. The van der Waals surface area contributed by atoms with E-state index in [1.54, 1.807) is 19.2 Å². The van der Waals surface area contributed by atoms with Crippen LogP contribution in [0.4, 0.5) is 9.18 Å². The molecule has 0 aromatic heterocycles. The van der Waals surface area contributed by atoms with Crippen LogP contribution in [0.3, 0.4) is 0 Å². The van der Waals surface area contributed by atoms with Gasteiger partial charge in [-0.2, -0.15) is 0 Å². The van der Waals surface area contributed by atoms with Crippen LogP contribution in [-0.2, 0) is 6.54 Å². The van der Waals surface area contributed by atoms with Gasteiger partial charge in [-0.05, 0) is 36.2 Å². The summed E-state index contributed by atoms with van der Waals surface area (Å²) in [5.41, 5.74) is 1.69. The molecule has 2 aromatic carbocycles. The molecule has 0 bridgehead atoms. The Morgan fingerprint density at radius 1 is 1.33 bits per heavy atom. The molecular formula is C18H20BrFN2O2. The Balaban J connectivity index is 1.99. The topological polar surface area (TPSA) is 41.6 Å². The summed E-state index contributed by atoms with van der Waals surface area (Å²) in [7, 11) is 3.09. The van der Waals surface area contributed by atoms with Crippen molar-refractivity contribution in [2.24, 2.45) is 0 Å². The summed E-state index contributed by atoms with van der Waals surface area (Å²) in [6.07, 6.45) is 0. The average molecular weight is 395 g/mol. The van der Waals surface area contributed by atoms with Gasteiger partial charge in [-0.15, -0.1) is 0 Å². The lowest BCUT2D eigenvalue weighted by Gasteiger charge is -2.22. The summed E-state index contributed by atoms with van der Waals surface area (Å²) in [6, 6.07) is 12.0. The van der Waals surface area contributed by atoms with Crippen molar-refractivity contribution >= 4 is 22.0 Å². The highest BCUT2D eigenvalue weighted by Gasteiger charge is 2.15. The summed E-state index contributed by atoms with van der Waals surface area (Å²) in [4.78, 5) is 13.8. The molecule has 4 nitrogen and oxygen atoms in total. The quantitative estimate of drug-likeness (QED) is 0.810. The maximum absolute atomic E-state index is 13.7. The first kappa shape index (κ1) is 18.3. The molecular weight excluding hydrogens is 375 g/mol. The lowest BCUT2D eigenvalue weighted by molar-refractivity contribution is 0.203.